The van der Waals surface area contributed by atoms with Crippen molar-refractivity contribution in [1.29, 1.82) is 0 Å². The third kappa shape index (κ3) is 21.6. The molecule has 1 heteroatoms. The molecule has 0 aromatic rings. The Kier molecular flexibility index (Phi) is 4290. The fourth-order valence-corrected chi connectivity index (χ4v) is 0. The Labute approximate surface area is 40.1 Å². The summed E-state index contributed by atoms with van der Waals surface area (Å²) < 4.78 is 0. The molecule has 0 saturated carbocycles. The van der Waals surface area contributed by atoms with Gasteiger partial charge in [-0.3, -0.25) is 0 Å². The Balaban J connectivity index is 0. The minimum atomic E-state index is 0. The largest absolute Gasteiger partial charge is 4.00 e. The van der Waals surface area contributed by atoms with Gasteiger partial charge in [-0.2, -0.15) is 0 Å². The summed E-state index contributed by atoms with van der Waals surface area (Å²) in [6.45, 7) is 0. The van der Waals surface area contributed by atoms with Crippen molar-refractivity contribution < 1.29 is 17.1 Å². The van der Waals surface area contributed by atoms with E-state index in [2.05, 4.69) is 0 Å². The molecule has 0 nitrogen and oxygen atoms in total. The average molecular weight is 101 g/mol. The van der Waals surface area contributed by atoms with Crippen LogP contribution in [0.5, 0.6) is 0 Å². The molecule has 0 atom stereocenters. The monoisotopic (exact) mass is 101 g/mol. The summed E-state index contributed by atoms with van der Waals surface area (Å²) in [6.07, 6.45) is 0. The molecule has 0 N–H and O–H groups in total. The van der Waals surface area contributed by atoms with Crippen LogP contribution < -0.4 is 0 Å². The van der Waals surface area contributed by atoms with Crippen LogP contribution in [-0.4, -0.2) is 0 Å². The van der Waals surface area contributed by atoms with Gasteiger partial charge in [0.1, 0.15) is 0 Å². The van der Waals surface area contributed by atoms with E-state index in [0.29, 0.717) is 0 Å². The fraction of sp³-hybridized carbons (Fsp3) is 0. The molecular weight excluding hydrogens is 91.9 g/mol. The summed E-state index contributed by atoms with van der Waals surface area (Å²) in [4.78, 5) is 0. The van der Waals surface area contributed by atoms with Crippen molar-refractivity contribution in [2.24, 2.45) is 0 Å². The third-order valence-electron chi connectivity index (χ3n) is 0. The maximum Gasteiger partial charge on any atom is 4.00 e. The van der Waals surface area contributed by atoms with Crippen molar-refractivity contribution in [2.45, 2.75) is 0 Å². The molecule has 0 unspecified atom stereocenters. The first-order valence-corrected chi connectivity index (χ1v) is 0. The Morgan fingerprint density at radius 2 is 0.500 bits per heavy atom. The van der Waals surface area contributed by atoms with Crippen molar-refractivity contribution in [2.75, 3.05) is 0 Å². The van der Waals surface area contributed by atoms with Gasteiger partial charge >= 0.3 is 17.1 Å². The van der Waals surface area contributed by atoms with E-state index in [1.807, 2.05) is 0 Å². The predicted octanol–water partition coefficient (Wildman–Crippen LogP) is 1.35. The van der Waals surface area contributed by atoms with E-state index in [1.54, 1.807) is 0 Å². The van der Waals surface area contributed by atoms with Crippen molar-refractivity contribution in [1.82, 2.24) is 0 Å². The van der Waals surface area contributed by atoms with Gasteiger partial charge in [-0.25, -0.2) is 0 Å². The molecule has 0 spiro atoms. The molecule has 0 rings (SSSR count). The summed E-state index contributed by atoms with van der Waals surface area (Å²) in [5.41, 5.74) is 0. The maximum absolute atomic E-state index is 0. The molecule has 0 aliphatic heterocycles. The Morgan fingerprint density at radius 3 is 0.500 bits per heavy atom. The van der Waals surface area contributed by atoms with Crippen molar-refractivity contribution in [3.05, 3.63) is 22.3 Å². The van der Waals surface area contributed by atoms with Gasteiger partial charge in [-0.1, -0.05) is 0 Å². The van der Waals surface area contributed by atoms with Crippen LogP contribution in [0, 0.1) is 22.3 Å². The molecule has 28 valence electrons. The zero-order valence-corrected chi connectivity index (χ0v) is 4.46. The van der Waals surface area contributed by atoms with Gasteiger partial charge in [0.2, 0.25) is 0 Å². The number of hydrogen-bond donors (Lipinski definition) is 0. The maximum atomic E-state index is 0. The zero-order chi connectivity index (χ0) is 0. The smallest absolute Gasteiger partial charge is 0.358 e. The minimum Gasteiger partial charge on any atom is -0.358 e. The van der Waals surface area contributed by atoms with E-state index >= 15 is 0 Å². The van der Waals surface area contributed by atoms with Crippen LogP contribution >= 0.6 is 0 Å². The Morgan fingerprint density at radius 1 is 0.500 bits per heavy atom. The van der Waals surface area contributed by atoms with E-state index in [4.69, 9.17) is 0 Å². The molecule has 0 aliphatic rings. The molecule has 0 fully saturated rings. The molecule has 0 amide bonds. The summed E-state index contributed by atoms with van der Waals surface area (Å²) in [5.74, 6) is 0. The van der Waals surface area contributed by atoms with Crippen molar-refractivity contribution in [3.8, 4) is 0 Å². The van der Waals surface area contributed by atoms with Gasteiger partial charge in [-0.15, -0.1) is 0 Å². The Bertz CT molecular complexity index is 3.25. The fourth-order valence-electron chi connectivity index (χ4n) is 0. The van der Waals surface area contributed by atoms with E-state index in [0.717, 1.165) is 0 Å². The average Bonchev–Trinajstić information content (AvgIpc) is 0. The normalized spacial score (nSPS) is 0. The molecular formula is C3H9Fe+. The summed E-state index contributed by atoms with van der Waals surface area (Å²) >= 11 is 0. The van der Waals surface area contributed by atoms with E-state index < -0.39 is 0 Å². The molecule has 0 aliphatic carbocycles. The van der Waals surface area contributed by atoms with Gasteiger partial charge in [0.05, 0.1) is 0 Å². The molecule has 0 bridgehead atoms. The predicted molar refractivity (Wildman–Crippen MR) is 19.2 cm³/mol. The number of hydrogen-bond acceptors (Lipinski definition) is 0. The minimum absolute atomic E-state index is 0. The van der Waals surface area contributed by atoms with Gasteiger partial charge in [-0.05, 0) is 0 Å². The molecule has 0 heterocycles. The summed E-state index contributed by atoms with van der Waals surface area (Å²) in [5, 5.41) is 0. The molecule has 0 radical (unpaired) electrons. The van der Waals surface area contributed by atoms with E-state index in [9.17, 15) is 0 Å². The van der Waals surface area contributed by atoms with Crippen LogP contribution in [0.4, 0.5) is 0 Å². The number of rotatable bonds is 0. The first-order chi connectivity index (χ1) is 0. The van der Waals surface area contributed by atoms with Crippen LogP contribution in [0.1, 0.15) is 0 Å². The van der Waals surface area contributed by atoms with Gasteiger partial charge < -0.3 is 22.3 Å². The van der Waals surface area contributed by atoms with E-state index in [-0.39, 0.29) is 39.3 Å². The van der Waals surface area contributed by atoms with Crippen LogP contribution in [-0.2, 0) is 17.1 Å². The quantitative estimate of drug-likeness (QED) is 0.319. The van der Waals surface area contributed by atoms with E-state index in [1.165, 1.54) is 0 Å². The first-order valence-electron chi connectivity index (χ1n) is 0. The van der Waals surface area contributed by atoms with Gasteiger partial charge in [0.25, 0.3) is 0 Å². The molecule has 0 saturated heterocycles. The molecule has 0 aromatic heterocycles. The second-order valence-corrected chi connectivity index (χ2v) is 0. The van der Waals surface area contributed by atoms with Gasteiger partial charge in [0.15, 0.2) is 0 Å². The second-order valence-electron chi connectivity index (χ2n) is 0. The summed E-state index contributed by atoms with van der Waals surface area (Å²) in [6, 6.07) is 0. The van der Waals surface area contributed by atoms with Gasteiger partial charge in [0, 0.05) is 0 Å². The summed E-state index contributed by atoms with van der Waals surface area (Å²) in [7, 11) is 0. The van der Waals surface area contributed by atoms with Crippen LogP contribution in [0.3, 0.4) is 0 Å². The van der Waals surface area contributed by atoms with Crippen molar-refractivity contribution >= 4 is 0 Å². The third-order valence-corrected chi connectivity index (χ3v) is 0. The van der Waals surface area contributed by atoms with Crippen LogP contribution in [0.2, 0.25) is 0 Å². The second kappa shape index (κ2) is 82.8. The first kappa shape index (κ1) is 207. The van der Waals surface area contributed by atoms with Crippen LogP contribution in [0.15, 0.2) is 0 Å². The molecule has 4 heavy (non-hydrogen) atoms. The Hall–Kier alpha value is 0.519. The zero-order valence-electron chi connectivity index (χ0n) is 3.35. The topological polar surface area (TPSA) is 0 Å². The molecule has 0 aromatic carbocycles. The van der Waals surface area contributed by atoms with Crippen molar-refractivity contribution in [3.63, 3.8) is 0 Å². The standard InChI is InChI=1S/3CH3.Fe/h3*1H3;/q3*-1;+4. The SMILES string of the molecule is [CH3-].[CH3-].[CH3-].[Fe+4]. The van der Waals surface area contributed by atoms with Crippen LogP contribution in [0.25, 0.3) is 0 Å².